The summed E-state index contributed by atoms with van der Waals surface area (Å²) in [6.45, 7) is 1.69. The van der Waals surface area contributed by atoms with Crippen molar-refractivity contribution in [3.05, 3.63) is 54.1 Å². The lowest BCUT2D eigenvalue weighted by molar-refractivity contribution is -0.142. The molecule has 0 radical (unpaired) electrons. The van der Waals surface area contributed by atoms with Crippen LogP contribution in [0.4, 0.5) is 0 Å². The number of rotatable bonds is 2. The van der Waals surface area contributed by atoms with Crippen molar-refractivity contribution >= 4 is 5.91 Å². The zero-order valence-electron chi connectivity index (χ0n) is 13.9. The summed E-state index contributed by atoms with van der Waals surface area (Å²) in [4.78, 5) is 14.6. The molecule has 1 N–H and O–H groups in total. The summed E-state index contributed by atoms with van der Waals surface area (Å²) in [6.07, 6.45) is 1.27. The van der Waals surface area contributed by atoms with E-state index in [1.54, 1.807) is 12.1 Å². The summed E-state index contributed by atoms with van der Waals surface area (Å²) >= 11 is 0. The van der Waals surface area contributed by atoms with E-state index in [1.165, 1.54) is 5.56 Å². The van der Waals surface area contributed by atoms with Gasteiger partial charge in [-0.05, 0) is 48.6 Å². The van der Waals surface area contributed by atoms with Crippen molar-refractivity contribution in [2.45, 2.75) is 24.9 Å². The van der Waals surface area contributed by atoms with Gasteiger partial charge in [-0.1, -0.05) is 24.3 Å². The first-order valence-electron chi connectivity index (χ1n) is 8.67. The minimum Gasteiger partial charge on any atom is -0.508 e. The van der Waals surface area contributed by atoms with E-state index in [0.717, 1.165) is 12.8 Å². The van der Waals surface area contributed by atoms with Gasteiger partial charge in [0.05, 0.1) is 0 Å². The molecule has 2 aliphatic rings. The van der Waals surface area contributed by atoms with E-state index in [4.69, 9.17) is 9.47 Å². The number of ether oxygens (including phenoxy) is 2. The van der Waals surface area contributed by atoms with Gasteiger partial charge in [0.25, 0.3) is 5.91 Å². The maximum absolute atomic E-state index is 12.7. The lowest BCUT2D eigenvalue weighted by Gasteiger charge is -2.35. The quantitative estimate of drug-likeness (QED) is 0.914. The van der Waals surface area contributed by atoms with Gasteiger partial charge >= 0.3 is 0 Å². The van der Waals surface area contributed by atoms with E-state index in [9.17, 15) is 9.90 Å². The molecule has 1 saturated heterocycles. The highest BCUT2D eigenvalue weighted by Gasteiger charge is 2.33. The second-order valence-electron chi connectivity index (χ2n) is 6.56. The van der Waals surface area contributed by atoms with Gasteiger partial charge < -0.3 is 19.5 Å². The molecule has 0 aliphatic carbocycles. The summed E-state index contributed by atoms with van der Waals surface area (Å²) in [5.74, 6) is 2.03. The smallest absolute Gasteiger partial charge is 0.267 e. The Kier molecular flexibility index (Phi) is 4.22. The number of phenolic OH excluding ortho intramolecular Hbond substituents is 1. The summed E-state index contributed by atoms with van der Waals surface area (Å²) in [6, 6.07) is 14.8. The van der Waals surface area contributed by atoms with E-state index in [1.807, 2.05) is 41.3 Å². The van der Waals surface area contributed by atoms with Gasteiger partial charge in [-0.25, -0.2) is 0 Å². The van der Waals surface area contributed by atoms with Gasteiger partial charge in [-0.2, -0.15) is 0 Å². The zero-order chi connectivity index (χ0) is 17.2. The Labute approximate surface area is 146 Å². The molecule has 5 nitrogen and oxygen atoms in total. The highest BCUT2D eigenvalue weighted by Crippen LogP contribution is 2.33. The van der Waals surface area contributed by atoms with Crippen LogP contribution in [0.1, 0.15) is 24.3 Å². The Hall–Kier alpha value is -2.69. The van der Waals surface area contributed by atoms with Gasteiger partial charge in [-0.3, -0.25) is 4.79 Å². The van der Waals surface area contributed by atoms with Crippen LogP contribution in [0.3, 0.4) is 0 Å². The second-order valence-corrected chi connectivity index (χ2v) is 6.56. The van der Waals surface area contributed by atoms with E-state index >= 15 is 0 Å². The van der Waals surface area contributed by atoms with Crippen LogP contribution in [-0.4, -0.2) is 41.7 Å². The summed E-state index contributed by atoms with van der Waals surface area (Å²) in [7, 11) is 0. The van der Waals surface area contributed by atoms with Gasteiger partial charge in [-0.15, -0.1) is 0 Å². The third-order valence-corrected chi connectivity index (χ3v) is 4.96. The van der Waals surface area contributed by atoms with Crippen molar-refractivity contribution < 1.29 is 19.4 Å². The largest absolute Gasteiger partial charge is 0.508 e. The normalized spacial score (nSPS) is 20.3. The molecule has 0 bridgehead atoms. The predicted octanol–water partition coefficient (Wildman–Crippen LogP) is 2.94. The number of carbonyl (C=O) groups is 1. The Morgan fingerprint density at radius 2 is 1.68 bits per heavy atom. The topological polar surface area (TPSA) is 59.0 Å². The molecule has 0 unspecified atom stereocenters. The van der Waals surface area contributed by atoms with Gasteiger partial charge in [0.2, 0.25) is 6.10 Å². The number of hydrogen-bond acceptors (Lipinski definition) is 4. The average molecular weight is 339 g/mol. The predicted molar refractivity (Wildman–Crippen MR) is 93.0 cm³/mol. The third kappa shape index (κ3) is 3.27. The number of phenols is 1. The maximum Gasteiger partial charge on any atom is 0.267 e. The van der Waals surface area contributed by atoms with Crippen LogP contribution >= 0.6 is 0 Å². The monoisotopic (exact) mass is 339 g/mol. The summed E-state index contributed by atoms with van der Waals surface area (Å²) < 4.78 is 11.5. The standard InChI is InChI=1S/C20H21NO4/c22-16-7-5-14(6-8-16)15-9-11-21(12-10-15)20(23)19-13-24-17-3-1-2-4-18(17)25-19/h1-8,15,19,22H,9-13H2/t19-/m1/s1. The molecule has 2 heterocycles. The van der Waals surface area contributed by atoms with Gasteiger partial charge in [0.1, 0.15) is 12.4 Å². The number of amides is 1. The van der Waals surface area contributed by atoms with Crippen molar-refractivity contribution in [2.24, 2.45) is 0 Å². The van der Waals surface area contributed by atoms with Crippen LogP contribution in [0.5, 0.6) is 17.2 Å². The molecule has 0 aromatic heterocycles. The minimum atomic E-state index is -0.569. The number of aromatic hydroxyl groups is 1. The highest BCUT2D eigenvalue weighted by atomic mass is 16.6. The SMILES string of the molecule is O=C([C@H]1COc2ccccc2O1)N1CCC(c2ccc(O)cc2)CC1. The molecular formula is C20H21NO4. The molecule has 2 aromatic carbocycles. The van der Waals surface area contributed by atoms with E-state index in [2.05, 4.69) is 0 Å². The molecule has 130 valence electrons. The maximum atomic E-state index is 12.7. The zero-order valence-corrected chi connectivity index (χ0v) is 13.9. The number of piperidine rings is 1. The first-order chi connectivity index (χ1) is 12.2. The Morgan fingerprint density at radius 1 is 1.00 bits per heavy atom. The third-order valence-electron chi connectivity index (χ3n) is 4.96. The molecule has 0 saturated carbocycles. The fourth-order valence-electron chi connectivity index (χ4n) is 3.52. The lowest BCUT2D eigenvalue weighted by atomic mass is 9.89. The Balaban J connectivity index is 1.36. The number of carbonyl (C=O) groups excluding carboxylic acids is 1. The number of fused-ring (bicyclic) bond motifs is 1. The van der Waals surface area contributed by atoms with E-state index in [0.29, 0.717) is 30.5 Å². The molecule has 0 spiro atoms. The van der Waals surface area contributed by atoms with Crippen molar-refractivity contribution in [3.63, 3.8) is 0 Å². The van der Waals surface area contributed by atoms with Crippen molar-refractivity contribution in [2.75, 3.05) is 19.7 Å². The van der Waals surface area contributed by atoms with Crippen LogP contribution in [0.15, 0.2) is 48.5 Å². The molecule has 25 heavy (non-hydrogen) atoms. The number of nitrogens with zero attached hydrogens (tertiary/aromatic N) is 1. The Bertz CT molecular complexity index is 751. The van der Waals surface area contributed by atoms with Crippen molar-refractivity contribution in [3.8, 4) is 17.2 Å². The Morgan fingerprint density at radius 3 is 2.40 bits per heavy atom. The minimum absolute atomic E-state index is 0.00124. The molecule has 1 fully saturated rings. The van der Waals surface area contributed by atoms with Crippen LogP contribution in [0, 0.1) is 0 Å². The van der Waals surface area contributed by atoms with Crippen LogP contribution in [0.2, 0.25) is 0 Å². The molecule has 2 aliphatic heterocycles. The number of para-hydroxylation sites is 2. The fraction of sp³-hybridized carbons (Fsp3) is 0.350. The first-order valence-corrected chi connectivity index (χ1v) is 8.67. The molecule has 1 atom stereocenters. The number of likely N-dealkylation sites (tertiary alicyclic amines) is 1. The number of hydrogen-bond donors (Lipinski definition) is 1. The lowest BCUT2D eigenvalue weighted by Crippen LogP contribution is -2.48. The van der Waals surface area contributed by atoms with Gasteiger partial charge in [0.15, 0.2) is 11.5 Å². The molecule has 4 rings (SSSR count). The molecule has 1 amide bonds. The van der Waals surface area contributed by atoms with Crippen LogP contribution < -0.4 is 9.47 Å². The first kappa shape index (κ1) is 15.8. The molecular weight excluding hydrogens is 318 g/mol. The van der Waals surface area contributed by atoms with Crippen molar-refractivity contribution in [1.29, 1.82) is 0 Å². The fourth-order valence-corrected chi connectivity index (χ4v) is 3.52. The van der Waals surface area contributed by atoms with Crippen LogP contribution in [-0.2, 0) is 4.79 Å². The second kappa shape index (κ2) is 6.67. The summed E-state index contributed by atoms with van der Waals surface area (Å²) in [5, 5.41) is 9.41. The average Bonchev–Trinajstić information content (AvgIpc) is 2.68. The van der Waals surface area contributed by atoms with Crippen molar-refractivity contribution in [1.82, 2.24) is 4.90 Å². The van der Waals surface area contributed by atoms with E-state index in [-0.39, 0.29) is 18.3 Å². The van der Waals surface area contributed by atoms with Crippen LogP contribution in [0.25, 0.3) is 0 Å². The van der Waals surface area contributed by atoms with E-state index < -0.39 is 6.10 Å². The molecule has 2 aromatic rings. The summed E-state index contributed by atoms with van der Waals surface area (Å²) in [5.41, 5.74) is 1.22. The number of benzene rings is 2. The molecule has 5 heteroatoms. The van der Waals surface area contributed by atoms with Gasteiger partial charge in [0, 0.05) is 13.1 Å². The highest BCUT2D eigenvalue weighted by molar-refractivity contribution is 5.82.